The van der Waals surface area contributed by atoms with Crippen LogP contribution in [0.2, 0.25) is 0 Å². The lowest BCUT2D eigenvalue weighted by atomic mass is 9.99. The molecule has 1 rings (SSSR count). The first-order chi connectivity index (χ1) is 6.24. The summed E-state index contributed by atoms with van der Waals surface area (Å²) < 4.78 is 0. The number of carbonyl (C=O) groups excluding carboxylic acids is 1. The molecule has 0 fully saturated rings. The molecule has 0 saturated carbocycles. The monoisotopic (exact) mass is 174 g/mol. The van der Waals surface area contributed by atoms with Crippen LogP contribution in [0.3, 0.4) is 0 Å². The number of carbonyl (C=O) groups is 1. The second kappa shape index (κ2) is 4.61. The molecule has 0 aliphatic heterocycles. The first kappa shape index (κ1) is 9.72. The Labute approximate surface area is 79.1 Å². The molecule has 1 aromatic carbocycles. The van der Waals surface area contributed by atoms with E-state index in [1.54, 1.807) is 0 Å². The molecule has 0 aliphatic rings. The minimum atomic E-state index is 0.311. The van der Waals surface area contributed by atoms with E-state index < -0.39 is 0 Å². The van der Waals surface area contributed by atoms with E-state index in [1.165, 1.54) is 5.56 Å². The Kier molecular flexibility index (Phi) is 3.44. The van der Waals surface area contributed by atoms with Gasteiger partial charge in [0.15, 0.2) is 0 Å². The van der Waals surface area contributed by atoms with Gasteiger partial charge in [-0.25, -0.2) is 0 Å². The molecule has 0 aromatic heterocycles. The summed E-state index contributed by atoms with van der Waals surface area (Å²) in [5, 5.41) is 0. The largest absolute Gasteiger partial charge is 0.298 e. The van der Waals surface area contributed by atoms with Gasteiger partial charge in [-0.2, -0.15) is 0 Å². The van der Waals surface area contributed by atoms with Crippen LogP contribution in [0.5, 0.6) is 0 Å². The molecule has 0 amide bonds. The van der Waals surface area contributed by atoms with Crippen LogP contribution in [0.4, 0.5) is 0 Å². The molecule has 0 N–H and O–H groups in total. The quantitative estimate of drug-likeness (QED) is 0.508. The van der Waals surface area contributed by atoms with Crippen LogP contribution in [-0.4, -0.2) is 6.29 Å². The fraction of sp³-hybridized carbons (Fsp3) is 0.250. The highest BCUT2D eigenvalue weighted by Gasteiger charge is 2.00. The van der Waals surface area contributed by atoms with Gasteiger partial charge in [0.05, 0.1) is 0 Å². The molecule has 68 valence electrons. The molecule has 0 heterocycles. The number of allylic oxidation sites excluding steroid dienone is 2. The number of hydrogen-bond donors (Lipinski definition) is 0. The zero-order valence-corrected chi connectivity index (χ0v) is 8.03. The number of hydrogen-bond acceptors (Lipinski definition) is 1. The Morgan fingerprint density at radius 2 is 1.92 bits per heavy atom. The fourth-order valence-corrected chi connectivity index (χ4v) is 1.29. The van der Waals surface area contributed by atoms with Crippen molar-refractivity contribution in [3.8, 4) is 0 Å². The summed E-state index contributed by atoms with van der Waals surface area (Å²) in [4.78, 5) is 10.4. The van der Waals surface area contributed by atoms with Crippen LogP contribution in [-0.2, 0) is 4.79 Å². The molecule has 1 aromatic rings. The zero-order chi connectivity index (χ0) is 9.68. The van der Waals surface area contributed by atoms with Gasteiger partial charge in [-0.05, 0) is 24.0 Å². The third-order valence-corrected chi connectivity index (χ3v) is 2.02. The fourth-order valence-electron chi connectivity index (χ4n) is 1.29. The first-order valence-corrected chi connectivity index (χ1v) is 4.42. The van der Waals surface area contributed by atoms with Crippen LogP contribution in [0.25, 0.3) is 0 Å². The summed E-state index contributed by atoms with van der Waals surface area (Å²) >= 11 is 0. The Bertz CT molecular complexity index is 298. The van der Waals surface area contributed by atoms with E-state index >= 15 is 0 Å². The predicted octanol–water partition coefficient (Wildman–Crippen LogP) is 2.94. The summed E-state index contributed by atoms with van der Waals surface area (Å²) in [6.07, 6.45) is 2.86. The maximum atomic E-state index is 10.4. The zero-order valence-electron chi connectivity index (χ0n) is 8.03. The van der Waals surface area contributed by atoms with E-state index in [1.807, 2.05) is 31.2 Å². The average molecular weight is 174 g/mol. The van der Waals surface area contributed by atoms with Crippen molar-refractivity contribution < 1.29 is 4.79 Å². The maximum absolute atomic E-state index is 10.4. The molecule has 0 aliphatic carbocycles. The van der Waals surface area contributed by atoms with Gasteiger partial charge in [0, 0.05) is 0 Å². The van der Waals surface area contributed by atoms with Gasteiger partial charge in [0.1, 0.15) is 6.29 Å². The number of aldehydes is 1. The molecule has 0 spiro atoms. The third-order valence-electron chi connectivity index (χ3n) is 2.02. The second-order valence-corrected chi connectivity index (χ2v) is 3.23. The van der Waals surface area contributed by atoms with Crippen LogP contribution < -0.4 is 0 Å². The van der Waals surface area contributed by atoms with Crippen molar-refractivity contribution in [2.45, 2.75) is 19.8 Å². The molecule has 0 bridgehead atoms. The Balaban J connectivity index is 2.80. The normalized spacial score (nSPS) is 13.8. The topological polar surface area (TPSA) is 17.1 Å². The van der Waals surface area contributed by atoms with Gasteiger partial charge in [-0.1, -0.05) is 43.3 Å². The molecule has 13 heavy (non-hydrogen) atoms. The Hall–Kier alpha value is -1.37. The van der Waals surface area contributed by atoms with Gasteiger partial charge in [-0.15, -0.1) is 0 Å². The highest BCUT2D eigenvalue weighted by molar-refractivity contribution is 5.72. The summed E-state index contributed by atoms with van der Waals surface area (Å²) in [7, 11) is 0. The van der Waals surface area contributed by atoms with Gasteiger partial charge < -0.3 is 0 Å². The summed E-state index contributed by atoms with van der Waals surface area (Å²) in [5.74, 6) is 0.311. The summed E-state index contributed by atoms with van der Waals surface area (Å²) in [6.45, 7) is 3.91. The highest BCUT2D eigenvalue weighted by atomic mass is 16.1. The molecule has 1 atom stereocenters. The van der Waals surface area contributed by atoms with E-state index in [-0.39, 0.29) is 0 Å². The van der Waals surface area contributed by atoms with Crippen LogP contribution in [0.1, 0.15) is 25.3 Å². The minimum absolute atomic E-state index is 0.311. The maximum Gasteiger partial charge on any atom is 0.145 e. The lowest BCUT2D eigenvalue weighted by Gasteiger charge is -2.06. The number of rotatable bonds is 3. The van der Waals surface area contributed by atoms with Crippen molar-refractivity contribution >= 4 is 6.29 Å². The van der Waals surface area contributed by atoms with E-state index in [2.05, 4.69) is 19.1 Å². The van der Waals surface area contributed by atoms with E-state index in [0.717, 1.165) is 11.9 Å². The van der Waals surface area contributed by atoms with Gasteiger partial charge in [0.2, 0.25) is 0 Å². The minimum Gasteiger partial charge on any atom is -0.298 e. The summed E-state index contributed by atoms with van der Waals surface area (Å²) in [6, 6.07) is 10.1. The van der Waals surface area contributed by atoms with Crippen molar-refractivity contribution in [2.24, 2.45) is 0 Å². The van der Waals surface area contributed by atoms with Crippen LogP contribution in [0, 0.1) is 0 Å². The van der Waals surface area contributed by atoms with Crippen LogP contribution in [0.15, 0.2) is 42.0 Å². The highest BCUT2D eigenvalue weighted by Crippen LogP contribution is 2.16. The van der Waals surface area contributed by atoms with Crippen molar-refractivity contribution in [1.82, 2.24) is 0 Å². The Morgan fingerprint density at radius 3 is 2.46 bits per heavy atom. The molecule has 1 heteroatoms. The molecule has 0 radical (unpaired) electrons. The van der Waals surface area contributed by atoms with Gasteiger partial charge in [0.25, 0.3) is 0 Å². The lowest BCUT2D eigenvalue weighted by Crippen LogP contribution is -1.90. The second-order valence-electron chi connectivity index (χ2n) is 3.23. The molecule has 1 unspecified atom stereocenters. The SMILES string of the molecule is CC(C=O)=CC(C)c1ccccc1. The molecule has 0 saturated heterocycles. The average Bonchev–Trinajstić information content (AvgIpc) is 2.19. The standard InChI is InChI=1S/C12H14O/c1-10(9-13)8-11(2)12-6-4-3-5-7-12/h3-9,11H,1-2H3. The van der Waals surface area contributed by atoms with E-state index in [4.69, 9.17) is 0 Å². The molecular formula is C12H14O. The smallest absolute Gasteiger partial charge is 0.145 e. The summed E-state index contributed by atoms with van der Waals surface area (Å²) in [5.41, 5.74) is 2.03. The van der Waals surface area contributed by atoms with Gasteiger partial charge >= 0.3 is 0 Å². The lowest BCUT2D eigenvalue weighted by molar-refractivity contribution is -0.104. The molecular weight excluding hydrogens is 160 g/mol. The first-order valence-electron chi connectivity index (χ1n) is 4.42. The third kappa shape index (κ3) is 2.86. The van der Waals surface area contributed by atoms with Crippen molar-refractivity contribution in [3.05, 3.63) is 47.5 Å². The van der Waals surface area contributed by atoms with E-state index in [9.17, 15) is 4.79 Å². The number of benzene rings is 1. The van der Waals surface area contributed by atoms with Gasteiger partial charge in [-0.3, -0.25) is 4.79 Å². The van der Waals surface area contributed by atoms with Crippen molar-refractivity contribution in [1.29, 1.82) is 0 Å². The molecule has 1 nitrogen and oxygen atoms in total. The van der Waals surface area contributed by atoms with Crippen LogP contribution >= 0.6 is 0 Å². The van der Waals surface area contributed by atoms with Crippen molar-refractivity contribution in [2.75, 3.05) is 0 Å². The van der Waals surface area contributed by atoms with E-state index in [0.29, 0.717) is 5.92 Å². The predicted molar refractivity (Wildman–Crippen MR) is 54.7 cm³/mol. The van der Waals surface area contributed by atoms with Crippen molar-refractivity contribution in [3.63, 3.8) is 0 Å². The Morgan fingerprint density at radius 1 is 1.31 bits per heavy atom.